The third kappa shape index (κ3) is 2.69. The first-order valence-electron chi connectivity index (χ1n) is 11.5. The van der Waals surface area contributed by atoms with Crippen molar-refractivity contribution < 1.29 is 4.57 Å². The molecule has 0 atom stereocenters. The van der Waals surface area contributed by atoms with Gasteiger partial charge in [-0.3, -0.25) is 4.57 Å². The molecule has 0 aliphatic heterocycles. The normalized spacial score (nSPS) is 11.8. The van der Waals surface area contributed by atoms with Crippen LogP contribution in [0.2, 0.25) is 0 Å². The fourth-order valence-corrected chi connectivity index (χ4v) is 6.55. The predicted octanol–water partition coefficient (Wildman–Crippen LogP) is 7.35. The Kier molecular flexibility index (Phi) is 4.14. The van der Waals surface area contributed by atoms with Crippen LogP contribution in [0.25, 0.3) is 59.1 Å². The third-order valence-corrected chi connectivity index (χ3v) is 8.15. The van der Waals surface area contributed by atoms with Crippen molar-refractivity contribution in [2.75, 3.05) is 0 Å². The monoisotopic (exact) mass is 456 g/mol. The van der Waals surface area contributed by atoms with E-state index < -0.39 is 0 Å². The van der Waals surface area contributed by atoms with Gasteiger partial charge in [-0.15, -0.1) is 11.3 Å². The molecule has 0 amide bonds. The van der Waals surface area contributed by atoms with Crippen LogP contribution < -0.4 is 4.57 Å². The summed E-state index contributed by atoms with van der Waals surface area (Å²) >= 11 is 1.88. The molecular formula is C30H22N3S+. The maximum Gasteiger partial charge on any atom is 0.230 e. The van der Waals surface area contributed by atoms with Crippen LogP contribution in [-0.4, -0.2) is 9.55 Å². The van der Waals surface area contributed by atoms with E-state index in [-0.39, 0.29) is 0 Å². The first kappa shape index (κ1) is 19.4. The molecule has 0 radical (unpaired) electrons. The molecule has 0 aliphatic carbocycles. The molecule has 34 heavy (non-hydrogen) atoms. The number of thiophene rings is 1. The number of pyridine rings is 2. The summed E-state index contributed by atoms with van der Waals surface area (Å²) in [5.41, 5.74) is 5.91. The Bertz CT molecular complexity index is 1840. The van der Waals surface area contributed by atoms with Gasteiger partial charge < -0.3 is 0 Å². The summed E-state index contributed by atoms with van der Waals surface area (Å²) in [4.78, 5) is 6.08. The van der Waals surface area contributed by atoms with E-state index in [1.807, 2.05) is 23.6 Å². The maximum absolute atomic E-state index is 4.75. The molecule has 0 spiro atoms. The van der Waals surface area contributed by atoms with E-state index in [1.165, 1.54) is 53.3 Å². The van der Waals surface area contributed by atoms with Crippen molar-refractivity contribution in [2.45, 2.75) is 6.92 Å². The number of rotatable bonds is 2. The van der Waals surface area contributed by atoms with E-state index in [0.29, 0.717) is 0 Å². The number of hydrogen-bond donors (Lipinski definition) is 0. The molecular weight excluding hydrogens is 434 g/mol. The second-order valence-corrected chi connectivity index (χ2v) is 9.88. The number of fused-ring (bicyclic) bond motifs is 5. The molecule has 4 aromatic heterocycles. The van der Waals surface area contributed by atoms with Crippen molar-refractivity contribution in [3.63, 3.8) is 0 Å². The highest BCUT2D eigenvalue weighted by Crippen LogP contribution is 2.40. The molecule has 0 saturated heterocycles. The van der Waals surface area contributed by atoms with E-state index in [0.717, 1.165) is 11.3 Å². The molecule has 0 aliphatic rings. The number of nitrogens with zero attached hydrogens (tertiary/aromatic N) is 3. The van der Waals surface area contributed by atoms with Crippen LogP contribution in [0, 0.1) is 6.92 Å². The highest BCUT2D eigenvalue weighted by atomic mass is 32.1. The van der Waals surface area contributed by atoms with Crippen molar-refractivity contribution in [3.8, 4) is 16.3 Å². The van der Waals surface area contributed by atoms with Gasteiger partial charge in [-0.2, -0.15) is 4.57 Å². The number of aromatic nitrogens is 3. The van der Waals surface area contributed by atoms with Crippen molar-refractivity contribution in [2.24, 2.45) is 7.05 Å². The zero-order valence-corrected chi connectivity index (χ0v) is 19.8. The fraction of sp³-hybridized carbons (Fsp3) is 0.0667. The second-order valence-electron chi connectivity index (χ2n) is 8.83. The van der Waals surface area contributed by atoms with Crippen molar-refractivity contribution in [1.29, 1.82) is 0 Å². The van der Waals surface area contributed by atoms with E-state index >= 15 is 0 Å². The first-order valence-corrected chi connectivity index (χ1v) is 12.3. The van der Waals surface area contributed by atoms with Crippen molar-refractivity contribution in [1.82, 2.24) is 9.55 Å². The molecule has 162 valence electrons. The fourth-order valence-electron chi connectivity index (χ4n) is 5.24. The Hall–Kier alpha value is -4.02. The quantitative estimate of drug-likeness (QED) is 0.249. The van der Waals surface area contributed by atoms with Crippen LogP contribution in [0.1, 0.15) is 5.56 Å². The molecule has 7 aromatic rings. The van der Waals surface area contributed by atoms with Crippen molar-refractivity contribution >= 4 is 54.1 Å². The second kappa shape index (κ2) is 7.24. The molecule has 4 heteroatoms. The lowest BCUT2D eigenvalue weighted by Crippen LogP contribution is -2.30. The van der Waals surface area contributed by atoms with Gasteiger partial charge in [-0.25, -0.2) is 4.98 Å². The predicted molar refractivity (Wildman–Crippen MR) is 143 cm³/mol. The average molecular weight is 457 g/mol. The van der Waals surface area contributed by atoms with E-state index in [9.17, 15) is 0 Å². The number of aryl methyl sites for hydroxylation is 2. The van der Waals surface area contributed by atoms with Gasteiger partial charge >= 0.3 is 0 Å². The van der Waals surface area contributed by atoms with Crippen molar-refractivity contribution in [3.05, 3.63) is 103 Å². The molecule has 0 bridgehead atoms. The lowest BCUT2D eigenvalue weighted by molar-refractivity contribution is -0.659. The zero-order chi connectivity index (χ0) is 22.8. The summed E-state index contributed by atoms with van der Waals surface area (Å²) in [6, 6.07) is 30.4. The third-order valence-electron chi connectivity index (χ3n) is 6.87. The minimum atomic E-state index is 0.991. The Morgan fingerprint density at radius 1 is 0.794 bits per heavy atom. The largest absolute Gasteiger partial charge is 0.294 e. The van der Waals surface area contributed by atoms with E-state index in [4.69, 9.17) is 4.98 Å². The average Bonchev–Trinajstić information content (AvgIpc) is 3.39. The molecule has 0 fully saturated rings. The minimum Gasteiger partial charge on any atom is -0.294 e. The molecule has 7 rings (SSSR count). The van der Waals surface area contributed by atoms with Gasteiger partial charge in [0.25, 0.3) is 0 Å². The lowest BCUT2D eigenvalue weighted by Gasteiger charge is -2.10. The zero-order valence-electron chi connectivity index (χ0n) is 19.0. The molecule has 3 aromatic carbocycles. The Balaban J connectivity index is 1.50. The van der Waals surface area contributed by atoms with Crippen LogP contribution >= 0.6 is 11.3 Å². The van der Waals surface area contributed by atoms with Gasteiger partial charge in [0.15, 0.2) is 6.20 Å². The SMILES string of the molecule is Cc1c(-c2c3ccc(-n4c5ccccc5c5cccnc54)cc3cc[n+]2C)sc2ccccc12. The van der Waals surface area contributed by atoms with Crippen LogP contribution in [0.15, 0.2) is 97.3 Å². The highest BCUT2D eigenvalue weighted by molar-refractivity contribution is 7.22. The Morgan fingerprint density at radius 2 is 1.59 bits per heavy atom. The molecule has 0 unspecified atom stereocenters. The number of hydrogen-bond acceptors (Lipinski definition) is 2. The van der Waals surface area contributed by atoms with E-state index in [2.05, 4.69) is 108 Å². The van der Waals surface area contributed by atoms with Gasteiger partial charge in [-0.05, 0) is 65.7 Å². The van der Waals surface area contributed by atoms with Gasteiger partial charge in [-0.1, -0.05) is 36.4 Å². The molecule has 0 N–H and O–H groups in total. The van der Waals surface area contributed by atoms with Gasteiger partial charge in [0.2, 0.25) is 5.69 Å². The number of benzene rings is 3. The van der Waals surface area contributed by atoms with Crippen LogP contribution in [-0.2, 0) is 7.05 Å². The topological polar surface area (TPSA) is 21.7 Å². The lowest BCUT2D eigenvalue weighted by atomic mass is 10.0. The standard InChI is InChI=1S/C30H22N3S/c1-19-22-8-4-6-12-27(22)34-29(19)28-23-14-13-21(18-20(23)15-17-32(28)2)33-26-11-5-3-9-24(26)25-10-7-16-31-30(25)33/h3-18H,1-2H3/q+1. The summed E-state index contributed by atoms with van der Waals surface area (Å²) < 4.78 is 5.86. The molecule has 4 heterocycles. The maximum atomic E-state index is 4.75. The Labute approximate surface area is 201 Å². The van der Waals surface area contributed by atoms with Gasteiger partial charge in [0.05, 0.1) is 10.9 Å². The summed E-state index contributed by atoms with van der Waals surface area (Å²) in [6.45, 7) is 2.24. The number of para-hydroxylation sites is 1. The summed E-state index contributed by atoms with van der Waals surface area (Å²) in [5, 5.41) is 6.24. The summed E-state index contributed by atoms with van der Waals surface area (Å²) in [5.74, 6) is 0. The van der Waals surface area contributed by atoms with Crippen LogP contribution in [0.4, 0.5) is 0 Å². The van der Waals surface area contributed by atoms with E-state index in [1.54, 1.807) is 0 Å². The molecule has 0 saturated carbocycles. The minimum absolute atomic E-state index is 0.991. The first-order chi connectivity index (χ1) is 16.7. The van der Waals surface area contributed by atoms with Crippen LogP contribution in [0.3, 0.4) is 0 Å². The highest BCUT2D eigenvalue weighted by Gasteiger charge is 2.22. The smallest absolute Gasteiger partial charge is 0.230 e. The summed E-state index contributed by atoms with van der Waals surface area (Å²) in [7, 11) is 2.14. The molecule has 3 nitrogen and oxygen atoms in total. The van der Waals surface area contributed by atoms with Gasteiger partial charge in [0.1, 0.15) is 17.6 Å². The Morgan fingerprint density at radius 3 is 2.47 bits per heavy atom. The summed E-state index contributed by atoms with van der Waals surface area (Å²) in [6.07, 6.45) is 4.05. The van der Waals surface area contributed by atoms with Gasteiger partial charge in [0, 0.05) is 33.4 Å². The van der Waals surface area contributed by atoms with Crippen LogP contribution in [0.5, 0.6) is 0 Å².